The van der Waals surface area contributed by atoms with Crippen LogP contribution in [0.4, 0.5) is 4.79 Å². The minimum Gasteiger partial charge on any atom is -0.464 e. The molecule has 0 radical (unpaired) electrons. The molecule has 4 heteroatoms. The van der Waals surface area contributed by atoms with Crippen LogP contribution in [0.25, 0.3) is 0 Å². The number of hydrogen-bond donors (Lipinski definition) is 1. The summed E-state index contributed by atoms with van der Waals surface area (Å²) in [7, 11) is 0. The molecular weight excluding hydrogens is 300 g/mol. The van der Waals surface area contributed by atoms with Gasteiger partial charge in [-0.2, -0.15) is 0 Å². The van der Waals surface area contributed by atoms with Gasteiger partial charge >= 0.3 is 6.09 Å². The number of rotatable bonds is 4. The van der Waals surface area contributed by atoms with Crippen LogP contribution in [0.2, 0.25) is 0 Å². The SMILES string of the molecule is O=C(O)N1CC=C(Cc2ccccc2)C=CN1Cc1ccccc1. The van der Waals surface area contributed by atoms with Crippen molar-refractivity contribution in [3.05, 3.63) is 95.7 Å². The molecule has 2 aromatic carbocycles. The highest BCUT2D eigenvalue weighted by Crippen LogP contribution is 2.17. The molecular formula is C20H20N2O2. The molecule has 24 heavy (non-hydrogen) atoms. The van der Waals surface area contributed by atoms with E-state index in [2.05, 4.69) is 12.1 Å². The van der Waals surface area contributed by atoms with Crippen molar-refractivity contribution in [3.63, 3.8) is 0 Å². The van der Waals surface area contributed by atoms with E-state index < -0.39 is 6.09 Å². The van der Waals surface area contributed by atoms with E-state index in [9.17, 15) is 9.90 Å². The van der Waals surface area contributed by atoms with Crippen molar-refractivity contribution >= 4 is 6.09 Å². The third-order valence-corrected chi connectivity index (χ3v) is 3.96. The summed E-state index contributed by atoms with van der Waals surface area (Å²) in [5.74, 6) is 0. The second kappa shape index (κ2) is 7.51. The van der Waals surface area contributed by atoms with E-state index in [1.165, 1.54) is 10.6 Å². The van der Waals surface area contributed by atoms with Gasteiger partial charge in [0.25, 0.3) is 0 Å². The summed E-state index contributed by atoms with van der Waals surface area (Å²) in [5, 5.41) is 12.6. The Kier molecular flexibility index (Phi) is 4.96. The summed E-state index contributed by atoms with van der Waals surface area (Å²) in [6.07, 6.45) is 5.67. The zero-order valence-electron chi connectivity index (χ0n) is 13.4. The molecule has 0 aromatic heterocycles. The quantitative estimate of drug-likeness (QED) is 0.923. The lowest BCUT2D eigenvalue weighted by molar-refractivity contribution is 0.0331. The normalized spacial score (nSPS) is 14.2. The molecule has 0 unspecified atom stereocenters. The molecule has 1 heterocycles. The lowest BCUT2D eigenvalue weighted by Gasteiger charge is -2.30. The van der Waals surface area contributed by atoms with Crippen LogP contribution in [-0.2, 0) is 13.0 Å². The molecule has 0 saturated heterocycles. The van der Waals surface area contributed by atoms with Gasteiger partial charge in [-0.1, -0.05) is 66.7 Å². The highest BCUT2D eigenvalue weighted by atomic mass is 16.4. The molecule has 0 saturated carbocycles. The summed E-state index contributed by atoms with van der Waals surface area (Å²) in [6.45, 7) is 0.868. The molecule has 1 aliphatic heterocycles. The predicted molar refractivity (Wildman–Crippen MR) is 94.1 cm³/mol. The number of benzene rings is 2. The fourth-order valence-corrected chi connectivity index (χ4v) is 2.70. The summed E-state index contributed by atoms with van der Waals surface area (Å²) in [5.41, 5.74) is 3.40. The maximum Gasteiger partial charge on any atom is 0.426 e. The number of nitrogens with zero attached hydrogens (tertiary/aromatic N) is 2. The predicted octanol–water partition coefficient (Wildman–Crippen LogP) is 4.08. The van der Waals surface area contributed by atoms with Crippen LogP contribution in [0.15, 0.2) is 84.6 Å². The number of allylic oxidation sites excluding steroid dienone is 2. The molecule has 3 rings (SSSR count). The maximum atomic E-state index is 11.6. The first-order valence-corrected chi connectivity index (χ1v) is 7.94. The second-order valence-electron chi connectivity index (χ2n) is 5.71. The maximum absolute atomic E-state index is 11.6. The van der Waals surface area contributed by atoms with Crippen molar-refractivity contribution in [2.24, 2.45) is 0 Å². The number of amides is 1. The molecule has 0 bridgehead atoms. The highest BCUT2D eigenvalue weighted by molar-refractivity contribution is 5.65. The van der Waals surface area contributed by atoms with Gasteiger partial charge in [-0.05, 0) is 29.2 Å². The van der Waals surface area contributed by atoms with Crippen LogP contribution >= 0.6 is 0 Å². The van der Waals surface area contributed by atoms with Gasteiger partial charge < -0.3 is 5.11 Å². The van der Waals surface area contributed by atoms with Crippen LogP contribution in [0.3, 0.4) is 0 Å². The third kappa shape index (κ3) is 4.04. The number of hydrogen-bond acceptors (Lipinski definition) is 2. The summed E-state index contributed by atoms with van der Waals surface area (Å²) in [6, 6.07) is 20.1. The van der Waals surface area contributed by atoms with Crippen LogP contribution in [0.5, 0.6) is 0 Å². The third-order valence-electron chi connectivity index (χ3n) is 3.96. The molecule has 0 fully saturated rings. The van der Waals surface area contributed by atoms with Gasteiger partial charge in [0.15, 0.2) is 0 Å². The van der Waals surface area contributed by atoms with Crippen molar-refractivity contribution in [1.29, 1.82) is 0 Å². The molecule has 4 nitrogen and oxygen atoms in total. The van der Waals surface area contributed by atoms with Gasteiger partial charge in [-0.15, -0.1) is 0 Å². The first kappa shape index (κ1) is 15.9. The fraction of sp³-hybridized carbons (Fsp3) is 0.150. The fourth-order valence-electron chi connectivity index (χ4n) is 2.70. The van der Waals surface area contributed by atoms with E-state index in [4.69, 9.17) is 0 Å². The number of carboxylic acid groups (broad SMARTS) is 1. The topological polar surface area (TPSA) is 43.8 Å². The van der Waals surface area contributed by atoms with E-state index in [0.717, 1.165) is 17.6 Å². The van der Waals surface area contributed by atoms with E-state index >= 15 is 0 Å². The molecule has 1 N–H and O–H groups in total. The zero-order valence-corrected chi connectivity index (χ0v) is 13.4. The first-order valence-electron chi connectivity index (χ1n) is 7.94. The molecule has 1 aliphatic rings. The van der Waals surface area contributed by atoms with Crippen molar-refractivity contribution in [2.45, 2.75) is 13.0 Å². The molecule has 0 aliphatic carbocycles. The van der Waals surface area contributed by atoms with Gasteiger partial charge in [0, 0.05) is 6.20 Å². The summed E-state index contributed by atoms with van der Waals surface area (Å²) in [4.78, 5) is 11.6. The molecule has 122 valence electrons. The molecule has 0 spiro atoms. The molecule has 0 atom stereocenters. The zero-order chi connectivity index (χ0) is 16.8. The average molecular weight is 320 g/mol. The smallest absolute Gasteiger partial charge is 0.426 e. The van der Waals surface area contributed by atoms with Crippen molar-refractivity contribution in [1.82, 2.24) is 10.0 Å². The standard InChI is InChI=1S/C20H20N2O2/c23-20(24)22-14-12-18(15-17-7-3-1-4-8-17)11-13-21(22)16-19-9-5-2-6-10-19/h1-13H,14-16H2,(H,23,24). The van der Waals surface area contributed by atoms with E-state index in [1.54, 1.807) is 5.01 Å². The number of carbonyl (C=O) groups is 1. The van der Waals surface area contributed by atoms with E-state index in [1.807, 2.05) is 66.9 Å². The monoisotopic (exact) mass is 320 g/mol. The Hall–Kier alpha value is -3.01. The van der Waals surface area contributed by atoms with Crippen LogP contribution in [0, 0.1) is 0 Å². The van der Waals surface area contributed by atoms with Gasteiger partial charge in [0.2, 0.25) is 0 Å². The minimum atomic E-state index is -0.951. The average Bonchev–Trinajstić information content (AvgIpc) is 2.79. The van der Waals surface area contributed by atoms with Gasteiger partial charge in [0.1, 0.15) is 0 Å². The minimum absolute atomic E-state index is 0.345. The van der Waals surface area contributed by atoms with Crippen LogP contribution in [-0.4, -0.2) is 27.8 Å². The summed E-state index contributed by atoms with van der Waals surface area (Å²) >= 11 is 0. The van der Waals surface area contributed by atoms with Gasteiger partial charge in [-0.25, -0.2) is 9.80 Å². The summed E-state index contributed by atoms with van der Waals surface area (Å²) < 4.78 is 0. The Morgan fingerprint density at radius 2 is 1.58 bits per heavy atom. The van der Waals surface area contributed by atoms with E-state index in [-0.39, 0.29) is 0 Å². The largest absolute Gasteiger partial charge is 0.464 e. The van der Waals surface area contributed by atoms with E-state index in [0.29, 0.717) is 13.1 Å². The van der Waals surface area contributed by atoms with Crippen LogP contribution in [0.1, 0.15) is 11.1 Å². The number of hydrazine groups is 1. The van der Waals surface area contributed by atoms with Gasteiger partial charge in [0.05, 0.1) is 13.1 Å². The first-order chi connectivity index (χ1) is 11.7. The Labute approximate surface area is 141 Å². The Bertz CT molecular complexity index is 739. The Balaban J connectivity index is 1.77. The Morgan fingerprint density at radius 1 is 0.958 bits per heavy atom. The molecule has 1 amide bonds. The lowest BCUT2D eigenvalue weighted by Crippen LogP contribution is -2.42. The second-order valence-corrected chi connectivity index (χ2v) is 5.71. The van der Waals surface area contributed by atoms with Crippen molar-refractivity contribution < 1.29 is 9.90 Å². The van der Waals surface area contributed by atoms with Crippen molar-refractivity contribution in [3.8, 4) is 0 Å². The van der Waals surface area contributed by atoms with Gasteiger partial charge in [-0.3, -0.25) is 5.01 Å². The van der Waals surface area contributed by atoms with Crippen molar-refractivity contribution in [2.75, 3.05) is 6.54 Å². The van der Waals surface area contributed by atoms with Crippen LogP contribution < -0.4 is 0 Å². The highest BCUT2D eigenvalue weighted by Gasteiger charge is 2.19. The molecule has 2 aromatic rings. The Morgan fingerprint density at radius 3 is 2.21 bits per heavy atom. The lowest BCUT2D eigenvalue weighted by atomic mass is 10.1.